The number of carbonyl (C=O) groups is 1. The average molecular weight is 483 g/mol. The van der Waals surface area contributed by atoms with Crippen LogP contribution in [0.5, 0.6) is 0 Å². The molecule has 3 aliphatic rings. The third kappa shape index (κ3) is 5.33. The van der Waals surface area contributed by atoms with Crippen molar-refractivity contribution in [2.24, 2.45) is 16.7 Å². The van der Waals surface area contributed by atoms with Crippen LogP contribution in [0.1, 0.15) is 65.7 Å². The summed E-state index contributed by atoms with van der Waals surface area (Å²) in [5.74, 6) is 0.263. The molecule has 0 aromatic heterocycles. The van der Waals surface area contributed by atoms with Crippen molar-refractivity contribution in [3.63, 3.8) is 0 Å². The average Bonchev–Trinajstić information content (AvgIpc) is 2.81. The van der Waals surface area contributed by atoms with Crippen molar-refractivity contribution in [2.75, 3.05) is 19.8 Å². The number of fused-ring (bicyclic) bond motifs is 1. The Labute approximate surface area is 202 Å². The number of rotatable bonds is 9. The van der Waals surface area contributed by atoms with Gasteiger partial charge in [-0.1, -0.05) is 37.5 Å². The second kappa shape index (κ2) is 11.3. The van der Waals surface area contributed by atoms with Gasteiger partial charge in [-0.05, 0) is 67.8 Å². The number of hydrogen-bond donors (Lipinski definition) is 5. The van der Waals surface area contributed by atoms with E-state index in [9.17, 15) is 30.3 Å². The van der Waals surface area contributed by atoms with Crippen molar-refractivity contribution in [1.82, 2.24) is 0 Å². The van der Waals surface area contributed by atoms with Gasteiger partial charge >= 0.3 is 0 Å². The summed E-state index contributed by atoms with van der Waals surface area (Å²) < 4.78 is 11.6. The van der Waals surface area contributed by atoms with E-state index in [1.807, 2.05) is 13.0 Å². The Morgan fingerprint density at radius 1 is 1.15 bits per heavy atom. The minimum absolute atomic E-state index is 0.0126. The number of ether oxygens (including phenoxy) is 2. The Kier molecular flexibility index (Phi) is 9.12. The lowest BCUT2D eigenvalue weighted by atomic mass is 9.49. The molecule has 1 heterocycles. The summed E-state index contributed by atoms with van der Waals surface area (Å²) in [4.78, 5) is 12.0. The third-order valence-corrected chi connectivity index (χ3v) is 8.61. The van der Waals surface area contributed by atoms with Crippen molar-refractivity contribution in [2.45, 2.75) is 96.4 Å². The highest BCUT2D eigenvalue weighted by molar-refractivity contribution is 5.75. The zero-order valence-electron chi connectivity index (χ0n) is 20.7. The molecule has 8 atom stereocenters. The van der Waals surface area contributed by atoms with Crippen LogP contribution in [0.15, 0.2) is 22.8 Å². The maximum atomic E-state index is 12.0. The van der Waals surface area contributed by atoms with Gasteiger partial charge in [-0.3, -0.25) is 4.79 Å². The molecule has 2 fully saturated rings. The van der Waals surface area contributed by atoms with Gasteiger partial charge in [0.1, 0.15) is 30.7 Å². The largest absolute Gasteiger partial charge is 0.394 e. The van der Waals surface area contributed by atoms with E-state index in [2.05, 4.69) is 13.8 Å². The van der Waals surface area contributed by atoms with Gasteiger partial charge in [-0.2, -0.15) is 0 Å². The van der Waals surface area contributed by atoms with Crippen molar-refractivity contribution < 1.29 is 39.8 Å². The van der Waals surface area contributed by atoms with Gasteiger partial charge in [0.15, 0.2) is 6.29 Å². The lowest BCUT2D eigenvalue weighted by Gasteiger charge is -2.56. The van der Waals surface area contributed by atoms with Crippen LogP contribution in [0.2, 0.25) is 0 Å². The number of allylic oxidation sites excluding steroid dienone is 3. The monoisotopic (exact) mass is 482 g/mol. The van der Waals surface area contributed by atoms with Crippen molar-refractivity contribution >= 4 is 6.29 Å². The zero-order valence-corrected chi connectivity index (χ0v) is 20.7. The molecule has 0 radical (unpaired) electrons. The lowest BCUT2D eigenvalue weighted by Crippen LogP contribution is -2.60. The maximum Gasteiger partial charge on any atom is 0.186 e. The molecule has 8 heteroatoms. The van der Waals surface area contributed by atoms with Crippen LogP contribution in [-0.4, -0.2) is 82.3 Å². The lowest BCUT2D eigenvalue weighted by molar-refractivity contribution is -0.308. The highest BCUT2D eigenvalue weighted by Crippen LogP contribution is 2.60. The predicted octanol–water partition coefficient (Wildman–Crippen LogP) is 1.62. The maximum absolute atomic E-state index is 12.0. The molecule has 0 unspecified atom stereocenters. The summed E-state index contributed by atoms with van der Waals surface area (Å²) in [6.45, 7) is 6.25. The fourth-order valence-electron chi connectivity index (χ4n) is 6.63. The van der Waals surface area contributed by atoms with E-state index in [-0.39, 0.29) is 23.4 Å². The van der Waals surface area contributed by atoms with E-state index in [1.54, 1.807) is 0 Å². The molecule has 3 rings (SSSR count). The van der Waals surface area contributed by atoms with Gasteiger partial charge in [0, 0.05) is 0 Å². The molecule has 2 aliphatic carbocycles. The number of aliphatic hydroxyl groups is 5. The first-order valence-corrected chi connectivity index (χ1v) is 12.5. The topological polar surface area (TPSA) is 137 Å². The molecule has 1 saturated carbocycles. The minimum atomic E-state index is -1.46. The van der Waals surface area contributed by atoms with Crippen LogP contribution in [0.25, 0.3) is 0 Å². The van der Waals surface area contributed by atoms with Gasteiger partial charge in [0.2, 0.25) is 0 Å². The van der Waals surface area contributed by atoms with Gasteiger partial charge in [-0.25, -0.2) is 0 Å². The minimum Gasteiger partial charge on any atom is -0.394 e. The Hall–Kier alpha value is -1.13. The van der Waals surface area contributed by atoms with Gasteiger partial charge in [0.25, 0.3) is 0 Å². The van der Waals surface area contributed by atoms with Crippen LogP contribution in [-0.2, 0) is 14.3 Å². The quantitative estimate of drug-likeness (QED) is 0.247. The summed E-state index contributed by atoms with van der Waals surface area (Å²) in [5.41, 5.74) is 2.83. The predicted molar refractivity (Wildman–Crippen MR) is 126 cm³/mol. The molecule has 194 valence electrons. The molecule has 0 bridgehead atoms. The van der Waals surface area contributed by atoms with Gasteiger partial charge in [0.05, 0.1) is 19.8 Å². The summed E-state index contributed by atoms with van der Waals surface area (Å²) in [6, 6.07) is 0. The van der Waals surface area contributed by atoms with Crippen LogP contribution in [0, 0.1) is 16.7 Å². The SMILES string of the molecule is C/C(=C\CO)CCC1=C(C=O)CC[C@H]2[C@@](C)(CO[C@@H]3O[C@H](CO)[C@@H](O)[C@H](O)[C@H]3O)CCC[C@]12C. The molecule has 34 heavy (non-hydrogen) atoms. The molecule has 5 N–H and O–H groups in total. The van der Waals surface area contributed by atoms with E-state index in [4.69, 9.17) is 9.47 Å². The summed E-state index contributed by atoms with van der Waals surface area (Å²) in [6.07, 6.45) is 2.45. The Morgan fingerprint density at radius 2 is 1.88 bits per heavy atom. The first-order chi connectivity index (χ1) is 16.1. The second-order valence-corrected chi connectivity index (χ2v) is 10.9. The number of carbonyl (C=O) groups excluding carboxylic acids is 1. The van der Waals surface area contributed by atoms with E-state index in [0.29, 0.717) is 6.61 Å². The molecular formula is C26H42O8. The number of aliphatic hydroxyl groups excluding tert-OH is 5. The normalized spacial score (nSPS) is 41.4. The number of hydrogen-bond acceptors (Lipinski definition) is 8. The van der Waals surface area contributed by atoms with Crippen LogP contribution >= 0.6 is 0 Å². The first kappa shape index (κ1) is 27.5. The van der Waals surface area contributed by atoms with Crippen molar-refractivity contribution in [1.29, 1.82) is 0 Å². The highest BCUT2D eigenvalue weighted by atomic mass is 16.7. The fraction of sp³-hybridized carbons (Fsp3) is 0.808. The van der Waals surface area contributed by atoms with Gasteiger partial charge < -0.3 is 35.0 Å². The molecule has 0 amide bonds. The molecule has 1 aliphatic heterocycles. The first-order valence-electron chi connectivity index (χ1n) is 12.5. The van der Waals surface area contributed by atoms with E-state index in [1.165, 1.54) is 5.57 Å². The second-order valence-electron chi connectivity index (χ2n) is 10.9. The van der Waals surface area contributed by atoms with E-state index in [0.717, 1.165) is 62.4 Å². The molecular weight excluding hydrogens is 440 g/mol. The van der Waals surface area contributed by atoms with E-state index >= 15 is 0 Å². The van der Waals surface area contributed by atoms with E-state index < -0.39 is 37.3 Å². The molecule has 0 aromatic carbocycles. The van der Waals surface area contributed by atoms with Crippen molar-refractivity contribution in [3.05, 3.63) is 22.8 Å². The summed E-state index contributed by atoms with van der Waals surface area (Å²) in [5, 5.41) is 49.2. The Bertz CT molecular complexity index is 777. The molecule has 0 aromatic rings. The summed E-state index contributed by atoms with van der Waals surface area (Å²) >= 11 is 0. The zero-order chi connectivity index (χ0) is 25.1. The molecule has 1 saturated heterocycles. The smallest absolute Gasteiger partial charge is 0.186 e. The Balaban J connectivity index is 1.78. The van der Waals surface area contributed by atoms with Crippen LogP contribution in [0.3, 0.4) is 0 Å². The molecule has 8 nitrogen and oxygen atoms in total. The standard InChI is InChI=1S/C26H42O8/c1-16(9-12-27)5-7-18-17(13-28)6-8-20-25(2,10-4-11-26(18,20)3)15-33-24-23(32)22(31)21(30)19(14-29)34-24/h9,13,19-24,27,29-32H,4-8,10-12,14-15H2,1-3H3/b16-9+/t19-,20+,21-,22+,23-,24-,25-,26-/m1/s1. The Morgan fingerprint density at radius 3 is 2.53 bits per heavy atom. The summed E-state index contributed by atoms with van der Waals surface area (Å²) in [7, 11) is 0. The molecule has 0 spiro atoms. The highest BCUT2D eigenvalue weighted by Gasteiger charge is 2.53. The van der Waals surface area contributed by atoms with Crippen molar-refractivity contribution in [3.8, 4) is 0 Å². The number of aldehydes is 1. The fourth-order valence-corrected chi connectivity index (χ4v) is 6.63. The van der Waals surface area contributed by atoms with Gasteiger partial charge in [-0.15, -0.1) is 0 Å². The third-order valence-electron chi connectivity index (χ3n) is 8.61. The van der Waals surface area contributed by atoms with Crippen LogP contribution < -0.4 is 0 Å². The van der Waals surface area contributed by atoms with Crippen LogP contribution in [0.4, 0.5) is 0 Å².